The zero-order chi connectivity index (χ0) is 15.3. The topological polar surface area (TPSA) is 55.4 Å². The van der Waals surface area contributed by atoms with Crippen LogP contribution in [-0.2, 0) is 29.3 Å². The van der Waals surface area contributed by atoms with E-state index >= 15 is 0 Å². The van der Waals surface area contributed by atoms with Gasteiger partial charge in [0.1, 0.15) is 0 Å². The van der Waals surface area contributed by atoms with E-state index in [9.17, 15) is 0 Å². The second-order valence-corrected chi connectivity index (χ2v) is 6.24. The zero-order valence-corrected chi connectivity index (χ0v) is 13.5. The molecule has 0 saturated carbocycles. The molecule has 0 bridgehead atoms. The van der Waals surface area contributed by atoms with E-state index < -0.39 is 17.4 Å². The summed E-state index contributed by atoms with van der Waals surface area (Å²) >= 11 is 0. The third kappa shape index (κ3) is 6.47. The maximum absolute atomic E-state index is 5.39. The summed E-state index contributed by atoms with van der Waals surface area (Å²) in [4.78, 5) is 31.6. The summed E-state index contributed by atoms with van der Waals surface area (Å²) in [6.07, 6.45) is 5.07. The molecule has 6 heteroatoms. The van der Waals surface area contributed by atoms with Crippen molar-refractivity contribution < 1.29 is 29.3 Å². The van der Waals surface area contributed by atoms with E-state index in [4.69, 9.17) is 29.3 Å². The minimum absolute atomic E-state index is 0.652. The van der Waals surface area contributed by atoms with Gasteiger partial charge in [-0.3, -0.25) is 0 Å². The molecule has 1 saturated heterocycles. The first kappa shape index (κ1) is 17.8. The summed E-state index contributed by atoms with van der Waals surface area (Å²) in [5.74, 6) is -3.11. The van der Waals surface area contributed by atoms with Gasteiger partial charge in [-0.1, -0.05) is 26.2 Å². The smallest absolute Gasteiger partial charge is 0.196 e. The number of hydrogen-bond acceptors (Lipinski definition) is 6. The lowest BCUT2D eigenvalue weighted by atomic mass is 10.1. The number of hydrogen-bond donors (Lipinski definition) is 0. The fourth-order valence-electron chi connectivity index (χ4n) is 1.58. The van der Waals surface area contributed by atoms with Crippen molar-refractivity contribution in [3.63, 3.8) is 0 Å². The fourth-order valence-corrected chi connectivity index (χ4v) is 1.58. The molecule has 1 aliphatic rings. The van der Waals surface area contributed by atoms with Gasteiger partial charge >= 0.3 is 0 Å². The molecule has 0 atom stereocenters. The Hall–Kier alpha value is -0.240. The van der Waals surface area contributed by atoms with E-state index in [1.165, 1.54) is 12.8 Å². The second-order valence-electron chi connectivity index (χ2n) is 6.24. The number of unbranched alkanes of at least 4 members (excludes halogenated alkanes) is 3. The third-order valence-electron chi connectivity index (χ3n) is 2.76. The molecule has 0 aromatic heterocycles. The molecular formula is C14H28O6. The Balaban J connectivity index is 2.63. The zero-order valence-electron chi connectivity index (χ0n) is 13.5. The van der Waals surface area contributed by atoms with Crippen LogP contribution in [0.5, 0.6) is 0 Å². The van der Waals surface area contributed by atoms with Crippen LogP contribution in [-0.4, -0.2) is 17.4 Å². The summed E-state index contributed by atoms with van der Waals surface area (Å²) in [6, 6.07) is 0. The quantitative estimate of drug-likeness (QED) is 0.564. The molecule has 1 rings (SSSR count). The summed E-state index contributed by atoms with van der Waals surface area (Å²) in [6.45, 7) is 10.7. The highest BCUT2D eigenvalue weighted by molar-refractivity contribution is 4.62. The van der Waals surface area contributed by atoms with Crippen molar-refractivity contribution in [1.82, 2.24) is 0 Å². The Morgan fingerprint density at radius 1 is 0.600 bits per heavy atom. The molecule has 0 radical (unpaired) electrons. The van der Waals surface area contributed by atoms with Crippen LogP contribution < -0.4 is 0 Å². The predicted octanol–water partition coefficient (Wildman–Crippen LogP) is 4.00. The third-order valence-corrected chi connectivity index (χ3v) is 2.76. The minimum Gasteiger partial charge on any atom is -0.196 e. The van der Waals surface area contributed by atoms with Gasteiger partial charge in [-0.15, -0.1) is 0 Å². The van der Waals surface area contributed by atoms with Crippen molar-refractivity contribution in [3.05, 3.63) is 0 Å². The van der Waals surface area contributed by atoms with Crippen LogP contribution in [0.2, 0.25) is 0 Å². The second kappa shape index (κ2) is 7.15. The van der Waals surface area contributed by atoms with Gasteiger partial charge in [-0.25, -0.2) is 0 Å². The van der Waals surface area contributed by atoms with Gasteiger partial charge in [0.05, 0.1) is 0 Å². The van der Waals surface area contributed by atoms with E-state index in [0.717, 1.165) is 12.8 Å². The Morgan fingerprint density at radius 3 is 1.50 bits per heavy atom. The summed E-state index contributed by atoms with van der Waals surface area (Å²) in [7, 11) is 0. The molecule has 0 aromatic rings. The highest BCUT2D eigenvalue weighted by Crippen LogP contribution is 2.30. The molecule has 120 valence electrons. The van der Waals surface area contributed by atoms with E-state index in [0.29, 0.717) is 6.42 Å². The van der Waals surface area contributed by atoms with Crippen molar-refractivity contribution >= 4 is 0 Å². The van der Waals surface area contributed by atoms with E-state index in [2.05, 4.69) is 6.92 Å². The average molecular weight is 292 g/mol. The van der Waals surface area contributed by atoms with E-state index in [1.807, 2.05) is 0 Å². The standard InChI is InChI=1S/C14H28O6/c1-7-8-9-10-11-14(6)19-17-12(2,3)15-16-13(4,5)18-20-14/h7-11H2,1-6H3. The molecule has 0 aromatic carbocycles. The maximum Gasteiger partial charge on any atom is 0.231 e. The predicted molar refractivity (Wildman–Crippen MR) is 71.8 cm³/mol. The highest BCUT2D eigenvalue weighted by Gasteiger charge is 2.39. The number of rotatable bonds is 5. The monoisotopic (exact) mass is 292 g/mol. The lowest BCUT2D eigenvalue weighted by molar-refractivity contribution is -0.540. The first-order chi connectivity index (χ1) is 9.18. The maximum atomic E-state index is 5.39. The first-order valence-corrected chi connectivity index (χ1v) is 7.29. The molecule has 6 nitrogen and oxygen atoms in total. The van der Waals surface area contributed by atoms with Crippen LogP contribution in [0.1, 0.15) is 73.6 Å². The van der Waals surface area contributed by atoms with Gasteiger partial charge in [-0.2, -0.15) is 29.3 Å². The molecule has 1 heterocycles. The highest BCUT2D eigenvalue weighted by atomic mass is 17.4. The molecule has 0 aliphatic carbocycles. The first-order valence-electron chi connectivity index (χ1n) is 7.29. The van der Waals surface area contributed by atoms with Gasteiger partial charge in [-0.05, 0) is 41.0 Å². The van der Waals surface area contributed by atoms with Gasteiger partial charge in [0, 0.05) is 6.42 Å². The molecule has 0 amide bonds. The lowest BCUT2D eigenvalue weighted by Crippen LogP contribution is -2.37. The molecular weight excluding hydrogens is 264 g/mol. The lowest BCUT2D eigenvalue weighted by Gasteiger charge is -2.29. The van der Waals surface area contributed by atoms with Crippen molar-refractivity contribution in [2.45, 2.75) is 91.0 Å². The molecule has 20 heavy (non-hydrogen) atoms. The van der Waals surface area contributed by atoms with Gasteiger partial charge in [0.2, 0.25) is 17.4 Å². The van der Waals surface area contributed by atoms with Crippen molar-refractivity contribution in [2.24, 2.45) is 0 Å². The molecule has 0 N–H and O–H groups in total. The summed E-state index contributed by atoms with van der Waals surface area (Å²) in [5.41, 5.74) is 0. The van der Waals surface area contributed by atoms with Crippen molar-refractivity contribution in [2.75, 3.05) is 0 Å². The van der Waals surface area contributed by atoms with E-state index in [1.54, 1.807) is 34.6 Å². The summed E-state index contributed by atoms with van der Waals surface area (Å²) in [5, 5.41) is 0. The minimum atomic E-state index is -1.06. The molecule has 0 unspecified atom stereocenters. The normalized spacial score (nSPS) is 25.5. The van der Waals surface area contributed by atoms with Crippen LogP contribution in [0.3, 0.4) is 0 Å². The summed E-state index contributed by atoms with van der Waals surface area (Å²) < 4.78 is 0. The van der Waals surface area contributed by atoms with Gasteiger partial charge < -0.3 is 0 Å². The fraction of sp³-hybridized carbons (Fsp3) is 1.00. The Kier molecular flexibility index (Phi) is 6.37. The van der Waals surface area contributed by atoms with Crippen LogP contribution >= 0.6 is 0 Å². The SMILES string of the molecule is CCCCCCC1(C)OOC(C)(C)OOC(C)(C)OO1. The van der Waals surface area contributed by atoms with Crippen molar-refractivity contribution in [1.29, 1.82) is 0 Å². The van der Waals surface area contributed by atoms with Crippen LogP contribution in [0, 0.1) is 0 Å². The Morgan fingerprint density at radius 2 is 1.05 bits per heavy atom. The van der Waals surface area contributed by atoms with Crippen LogP contribution in [0.15, 0.2) is 0 Å². The van der Waals surface area contributed by atoms with E-state index in [-0.39, 0.29) is 0 Å². The molecule has 1 aliphatic heterocycles. The van der Waals surface area contributed by atoms with Crippen LogP contribution in [0.25, 0.3) is 0 Å². The van der Waals surface area contributed by atoms with Gasteiger partial charge in [0.15, 0.2) is 0 Å². The van der Waals surface area contributed by atoms with Crippen LogP contribution in [0.4, 0.5) is 0 Å². The Bertz CT molecular complexity index is 269. The average Bonchev–Trinajstić information content (AvgIpc) is 2.41. The van der Waals surface area contributed by atoms with Crippen molar-refractivity contribution in [3.8, 4) is 0 Å². The van der Waals surface area contributed by atoms with Gasteiger partial charge in [0.25, 0.3) is 0 Å². The molecule has 1 fully saturated rings. The molecule has 0 spiro atoms. The largest absolute Gasteiger partial charge is 0.231 e. The Labute approximate surface area is 121 Å².